The number of nitrogens with one attached hydrogen (secondary N) is 1. The highest BCUT2D eigenvalue weighted by atomic mass is 19.1. The Bertz CT molecular complexity index is 455. The molecule has 1 aliphatic heterocycles. The molecule has 0 aliphatic carbocycles. The fraction of sp³-hybridized carbons (Fsp3) is 0.533. The Hall–Kier alpha value is -1.42. The molecule has 19 heavy (non-hydrogen) atoms. The average molecular weight is 264 g/mol. The first kappa shape index (κ1) is 14.0. The van der Waals surface area contributed by atoms with E-state index >= 15 is 0 Å². The molecule has 1 aromatic carbocycles. The molecule has 1 atom stereocenters. The molecule has 4 heteroatoms. The van der Waals surface area contributed by atoms with Crippen LogP contribution in [0.5, 0.6) is 0 Å². The molecular weight excluding hydrogens is 243 g/mol. The molecule has 1 unspecified atom stereocenters. The number of halogens is 1. The Morgan fingerprint density at radius 3 is 2.89 bits per heavy atom. The lowest BCUT2D eigenvalue weighted by molar-refractivity contribution is -0.140. The van der Waals surface area contributed by atoms with Gasteiger partial charge in [-0.05, 0) is 37.1 Å². The normalized spacial score (nSPS) is 22.5. The summed E-state index contributed by atoms with van der Waals surface area (Å²) in [4.78, 5) is 14.3. The van der Waals surface area contributed by atoms with Crippen LogP contribution in [-0.4, -0.2) is 30.9 Å². The van der Waals surface area contributed by atoms with Crippen LogP contribution in [0.4, 0.5) is 4.39 Å². The average Bonchev–Trinajstić information content (AvgIpc) is 2.87. The molecule has 1 aliphatic rings. The van der Waals surface area contributed by atoms with Crippen LogP contribution >= 0.6 is 0 Å². The standard InChI is InChI=1S/C15H21FN2O/c1-3-15(7-8-17-11-15)14(19)18(2)10-12-5-4-6-13(16)9-12/h4-6,9,17H,3,7-8,10-11H2,1-2H3. The van der Waals surface area contributed by atoms with Gasteiger partial charge in [0.1, 0.15) is 5.82 Å². The number of rotatable bonds is 4. The van der Waals surface area contributed by atoms with Gasteiger partial charge >= 0.3 is 0 Å². The van der Waals surface area contributed by atoms with E-state index in [1.165, 1.54) is 12.1 Å². The molecule has 1 heterocycles. The van der Waals surface area contributed by atoms with Crippen LogP contribution in [0.15, 0.2) is 24.3 Å². The fourth-order valence-electron chi connectivity index (χ4n) is 2.77. The number of nitrogens with zero attached hydrogens (tertiary/aromatic N) is 1. The Kier molecular flexibility index (Phi) is 4.20. The second-order valence-corrected chi connectivity index (χ2v) is 5.35. The summed E-state index contributed by atoms with van der Waals surface area (Å²) in [6.07, 6.45) is 1.72. The first-order valence-corrected chi connectivity index (χ1v) is 6.78. The number of amides is 1. The third-order valence-corrected chi connectivity index (χ3v) is 4.03. The van der Waals surface area contributed by atoms with Gasteiger partial charge < -0.3 is 10.2 Å². The van der Waals surface area contributed by atoms with E-state index in [0.717, 1.165) is 31.5 Å². The van der Waals surface area contributed by atoms with Crippen LogP contribution in [-0.2, 0) is 11.3 Å². The highest BCUT2D eigenvalue weighted by Gasteiger charge is 2.41. The maximum absolute atomic E-state index is 13.1. The lowest BCUT2D eigenvalue weighted by Gasteiger charge is -2.31. The van der Waals surface area contributed by atoms with E-state index in [4.69, 9.17) is 0 Å². The van der Waals surface area contributed by atoms with E-state index in [2.05, 4.69) is 12.2 Å². The van der Waals surface area contributed by atoms with E-state index in [-0.39, 0.29) is 17.1 Å². The Morgan fingerprint density at radius 2 is 2.32 bits per heavy atom. The zero-order valence-corrected chi connectivity index (χ0v) is 11.6. The van der Waals surface area contributed by atoms with Crippen molar-refractivity contribution in [1.29, 1.82) is 0 Å². The highest BCUT2D eigenvalue weighted by Crippen LogP contribution is 2.31. The minimum Gasteiger partial charge on any atom is -0.341 e. The zero-order chi connectivity index (χ0) is 13.9. The maximum Gasteiger partial charge on any atom is 0.230 e. The molecule has 0 aromatic heterocycles. The number of benzene rings is 1. The second-order valence-electron chi connectivity index (χ2n) is 5.35. The van der Waals surface area contributed by atoms with E-state index in [0.29, 0.717) is 6.54 Å². The summed E-state index contributed by atoms with van der Waals surface area (Å²) in [6, 6.07) is 6.42. The van der Waals surface area contributed by atoms with Crippen molar-refractivity contribution in [2.75, 3.05) is 20.1 Å². The van der Waals surface area contributed by atoms with Crippen LogP contribution in [0.25, 0.3) is 0 Å². The van der Waals surface area contributed by atoms with Gasteiger partial charge in [0.25, 0.3) is 0 Å². The molecular formula is C15H21FN2O. The van der Waals surface area contributed by atoms with E-state index < -0.39 is 0 Å². The predicted molar refractivity (Wildman–Crippen MR) is 73.1 cm³/mol. The smallest absolute Gasteiger partial charge is 0.230 e. The van der Waals surface area contributed by atoms with Gasteiger partial charge in [0.15, 0.2) is 0 Å². The summed E-state index contributed by atoms with van der Waals surface area (Å²) in [5.74, 6) is -0.102. The lowest BCUT2D eigenvalue weighted by Crippen LogP contribution is -2.42. The second kappa shape index (κ2) is 5.70. The van der Waals surface area contributed by atoms with Gasteiger partial charge in [0.05, 0.1) is 5.41 Å². The van der Waals surface area contributed by atoms with E-state index in [9.17, 15) is 9.18 Å². The number of carbonyl (C=O) groups is 1. The van der Waals surface area contributed by atoms with Crippen LogP contribution in [0.2, 0.25) is 0 Å². The first-order chi connectivity index (χ1) is 9.07. The summed E-state index contributed by atoms with van der Waals surface area (Å²) >= 11 is 0. The molecule has 1 amide bonds. The SMILES string of the molecule is CCC1(C(=O)N(C)Cc2cccc(F)c2)CCNC1. The van der Waals surface area contributed by atoms with Crippen molar-refractivity contribution in [2.24, 2.45) is 5.41 Å². The molecule has 3 nitrogen and oxygen atoms in total. The molecule has 0 saturated carbocycles. The quantitative estimate of drug-likeness (QED) is 0.904. The molecule has 0 bridgehead atoms. The van der Waals surface area contributed by atoms with Crippen molar-refractivity contribution in [2.45, 2.75) is 26.3 Å². The van der Waals surface area contributed by atoms with Crippen molar-refractivity contribution in [3.05, 3.63) is 35.6 Å². The van der Waals surface area contributed by atoms with Gasteiger partial charge in [0.2, 0.25) is 5.91 Å². The number of carbonyl (C=O) groups excluding carboxylic acids is 1. The highest BCUT2D eigenvalue weighted by molar-refractivity contribution is 5.83. The van der Waals surface area contributed by atoms with Gasteiger partial charge in [-0.1, -0.05) is 19.1 Å². The van der Waals surface area contributed by atoms with Crippen LogP contribution < -0.4 is 5.32 Å². The number of hydrogen-bond donors (Lipinski definition) is 1. The van der Waals surface area contributed by atoms with Crippen molar-refractivity contribution in [3.63, 3.8) is 0 Å². The molecule has 1 N–H and O–H groups in total. The van der Waals surface area contributed by atoms with Crippen molar-refractivity contribution >= 4 is 5.91 Å². The molecule has 2 rings (SSSR count). The Labute approximate surface area is 113 Å². The summed E-state index contributed by atoms with van der Waals surface area (Å²) in [5, 5.41) is 3.27. The topological polar surface area (TPSA) is 32.3 Å². The Balaban J connectivity index is 2.07. The third-order valence-electron chi connectivity index (χ3n) is 4.03. The summed E-state index contributed by atoms with van der Waals surface area (Å²) < 4.78 is 13.1. The molecule has 104 valence electrons. The summed E-state index contributed by atoms with van der Waals surface area (Å²) in [7, 11) is 1.79. The molecule has 0 spiro atoms. The third kappa shape index (κ3) is 2.95. The first-order valence-electron chi connectivity index (χ1n) is 6.78. The van der Waals surface area contributed by atoms with Gasteiger partial charge in [-0.25, -0.2) is 4.39 Å². The molecule has 1 fully saturated rings. The zero-order valence-electron chi connectivity index (χ0n) is 11.6. The fourth-order valence-corrected chi connectivity index (χ4v) is 2.77. The summed E-state index contributed by atoms with van der Waals surface area (Å²) in [6.45, 7) is 4.16. The van der Waals surface area contributed by atoms with Gasteiger partial charge in [-0.3, -0.25) is 4.79 Å². The van der Waals surface area contributed by atoms with E-state index in [1.807, 2.05) is 6.07 Å². The van der Waals surface area contributed by atoms with Crippen LogP contribution in [0.1, 0.15) is 25.3 Å². The molecule has 0 radical (unpaired) electrons. The van der Waals surface area contributed by atoms with Gasteiger partial charge in [-0.2, -0.15) is 0 Å². The maximum atomic E-state index is 13.1. The van der Waals surface area contributed by atoms with Crippen molar-refractivity contribution < 1.29 is 9.18 Å². The largest absolute Gasteiger partial charge is 0.341 e. The van der Waals surface area contributed by atoms with E-state index in [1.54, 1.807) is 18.0 Å². The van der Waals surface area contributed by atoms with Crippen LogP contribution in [0, 0.1) is 11.2 Å². The minimum atomic E-state index is -0.276. The molecule has 1 aromatic rings. The Morgan fingerprint density at radius 1 is 1.53 bits per heavy atom. The molecule has 1 saturated heterocycles. The van der Waals surface area contributed by atoms with Crippen LogP contribution in [0.3, 0.4) is 0 Å². The monoisotopic (exact) mass is 264 g/mol. The van der Waals surface area contributed by atoms with Crippen molar-refractivity contribution in [3.8, 4) is 0 Å². The summed E-state index contributed by atoms with van der Waals surface area (Å²) in [5.41, 5.74) is 0.551. The minimum absolute atomic E-state index is 0.157. The van der Waals surface area contributed by atoms with Crippen molar-refractivity contribution in [1.82, 2.24) is 10.2 Å². The predicted octanol–water partition coefficient (Wildman–Crippen LogP) is 2.17. The number of hydrogen-bond acceptors (Lipinski definition) is 2. The van der Waals surface area contributed by atoms with Gasteiger partial charge in [0, 0.05) is 20.1 Å². The van der Waals surface area contributed by atoms with Gasteiger partial charge in [-0.15, -0.1) is 0 Å². The lowest BCUT2D eigenvalue weighted by atomic mass is 9.83.